The Morgan fingerprint density at radius 1 is 1.31 bits per heavy atom. The Morgan fingerprint density at radius 3 is 3.00 bits per heavy atom. The molecule has 16 heavy (non-hydrogen) atoms. The van der Waals surface area contributed by atoms with Crippen LogP contribution in [0.4, 0.5) is 0 Å². The number of oxazole rings is 1. The van der Waals surface area contributed by atoms with Gasteiger partial charge in [-0.2, -0.15) is 0 Å². The van der Waals surface area contributed by atoms with Gasteiger partial charge in [0.25, 0.3) is 0 Å². The van der Waals surface area contributed by atoms with Crippen LogP contribution in [0.15, 0.2) is 28.7 Å². The molecule has 1 unspecified atom stereocenters. The van der Waals surface area contributed by atoms with Crippen LogP contribution in [-0.4, -0.2) is 23.5 Å². The van der Waals surface area contributed by atoms with Crippen molar-refractivity contribution in [1.82, 2.24) is 9.88 Å². The second-order valence-electron chi connectivity index (χ2n) is 4.51. The van der Waals surface area contributed by atoms with Crippen LogP contribution in [0.1, 0.15) is 31.2 Å². The smallest absolute Gasteiger partial charge is 0.212 e. The van der Waals surface area contributed by atoms with Crippen LogP contribution in [0.25, 0.3) is 11.1 Å². The van der Waals surface area contributed by atoms with Gasteiger partial charge in [0.15, 0.2) is 5.58 Å². The van der Waals surface area contributed by atoms with Gasteiger partial charge in [0.05, 0.1) is 6.04 Å². The molecular formula is C13H16N2O. The van der Waals surface area contributed by atoms with Crippen molar-refractivity contribution in [2.75, 3.05) is 13.6 Å². The van der Waals surface area contributed by atoms with Crippen molar-refractivity contribution < 1.29 is 4.42 Å². The number of piperidine rings is 1. The van der Waals surface area contributed by atoms with Crippen molar-refractivity contribution in [2.24, 2.45) is 0 Å². The Bertz CT molecular complexity index is 458. The molecule has 2 heterocycles. The van der Waals surface area contributed by atoms with Crippen molar-refractivity contribution in [3.63, 3.8) is 0 Å². The fourth-order valence-corrected chi connectivity index (χ4v) is 2.42. The molecule has 1 aliphatic rings. The summed E-state index contributed by atoms with van der Waals surface area (Å²) in [7, 11) is 2.15. The molecule has 2 aromatic rings. The summed E-state index contributed by atoms with van der Waals surface area (Å²) in [5, 5.41) is 0. The van der Waals surface area contributed by atoms with Gasteiger partial charge < -0.3 is 4.42 Å². The van der Waals surface area contributed by atoms with E-state index in [1.54, 1.807) is 0 Å². The average Bonchev–Trinajstić information content (AvgIpc) is 2.73. The lowest BCUT2D eigenvalue weighted by molar-refractivity contribution is 0.161. The van der Waals surface area contributed by atoms with Crippen LogP contribution in [-0.2, 0) is 0 Å². The number of para-hydroxylation sites is 2. The van der Waals surface area contributed by atoms with Gasteiger partial charge in [0, 0.05) is 0 Å². The first kappa shape index (κ1) is 9.85. The standard InChI is InChI=1S/C13H16N2O/c1-15-9-5-4-7-11(15)13-14-10-6-2-3-8-12(10)16-13/h2-3,6,8,11H,4-5,7,9H2,1H3. The van der Waals surface area contributed by atoms with Gasteiger partial charge in [-0.1, -0.05) is 18.6 Å². The van der Waals surface area contributed by atoms with E-state index >= 15 is 0 Å². The Kier molecular flexibility index (Phi) is 2.40. The first-order chi connectivity index (χ1) is 7.84. The fraction of sp³-hybridized carbons (Fsp3) is 0.462. The third-order valence-corrected chi connectivity index (χ3v) is 3.37. The maximum atomic E-state index is 5.83. The highest BCUT2D eigenvalue weighted by molar-refractivity contribution is 5.72. The van der Waals surface area contributed by atoms with Gasteiger partial charge in [-0.15, -0.1) is 0 Å². The van der Waals surface area contributed by atoms with E-state index in [1.807, 2.05) is 24.3 Å². The number of hydrogen-bond acceptors (Lipinski definition) is 3. The summed E-state index contributed by atoms with van der Waals surface area (Å²) in [6.07, 6.45) is 3.71. The molecule has 3 rings (SSSR count). The van der Waals surface area contributed by atoms with Crippen LogP contribution in [0, 0.1) is 0 Å². The molecule has 0 aliphatic carbocycles. The second kappa shape index (κ2) is 3.91. The van der Waals surface area contributed by atoms with E-state index in [2.05, 4.69) is 16.9 Å². The Hall–Kier alpha value is -1.35. The Balaban J connectivity index is 1.98. The average molecular weight is 216 g/mol. The van der Waals surface area contributed by atoms with Crippen LogP contribution >= 0.6 is 0 Å². The van der Waals surface area contributed by atoms with Gasteiger partial charge in [-0.25, -0.2) is 4.98 Å². The molecule has 0 amide bonds. The van der Waals surface area contributed by atoms with Crippen LogP contribution < -0.4 is 0 Å². The van der Waals surface area contributed by atoms with Crippen molar-refractivity contribution >= 4 is 11.1 Å². The van der Waals surface area contributed by atoms with Crippen LogP contribution in [0.3, 0.4) is 0 Å². The molecule has 1 fully saturated rings. The monoisotopic (exact) mass is 216 g/mol. The number of aromatic nitrogens is 1. The molecule has 1 saturated heterocycles. The van der Waals surface area contributed by atoms with Crippen molar-refractivity contribution in [2.45, 2.75) is 25.3 Å². The van der Waals surface area contributed by atoms with E-state index in [0.717, 1.165) is 30.0 Å². The molecule has 84 valence electrons. The maximum Gasteiger partial charge on any atom is 0.212 e. The summed E-state index contributed by atoms with van der Waals surface area (Å²) in [5.74, 6) is 0.878. The molecule has 1 aromatic heterocycles. The van der Waals surface area contributed by atoms with Gasteiger partial charge in [0.1, 0.15) is 5.52 Å². The van der Waals surface area contributed by atoms with E-state index in [0.29, 0.717) is 6.04 Å². The number of benzene rings is 1. The lowest BCUT2D eigenvalue weighted by Gasteiger charge is -2.29. The third kappa shape index (κ3) is 1.61. The highest BCUT2D eigenvalue weighted by Crippen LogP contribution is 2.30. The molecular weight excluding hydrogens is 200 g/mol. The van der Waals surface area contributed by atoms with Crippen molar-refractivity contribution in [3.05, 3.63) is 30.2 Å². The zero-order chi connectivity index (χ0) is 11.0. The van der Waals surface area contributed by atoms with Crippen LogP contribution in [0.2, 0.25) is 0 Å². The minimum absolute atomic E-state index is 0.362. The predicted molar refractivity (Wildman–Crippen MR) is 63.2 cm³/mol. The fourth-order valence-electron chi connectivity index (χ4n) is 2.42. The second-order valence-corrected chi connectivity index (χ2v) is 4.51. The van der Waals surface area contributed by atoms with Crippen molar-refractivity contribution in [3.8, 4) is 0 Å². The number of likely N-dealkylation sites (tertiary alicyclic amines) is 1. The first-order valence-corrected chi connectivity index (χ1v) is 5.90. The summed E-state index contributed by atoms with van der Waals surface area (Å²) in [6, 6.07) is 8.34. The number of hydrogen-bond donors (Lipinski definition) is 0. The molecule has 0 saturated carbocycles. The molecule has 0 spiro atoms. The minimum atomic E-state index is 0.362. The first-order valence-electron chi connectivity index (χ1n) is 5.90. The Morgan fingerprint density at radius 2 is 2.19 bits per heavy atom. The summed E-state index contributed by atoms with van der Waals surface area (Å²) < 4.78 is 5.83. The molecule has 1 aromatic carbocycles. The summed E-state index contributed by atoms with van der Waals surface area (Å²) in [5.41, 5.74) is 1.87. The van der Waals surface area contributed by atoms with E-state index < -0.39 is 0 Å². The minimum Gasteiger partial charge on any atom is -0.439 e. The molecule has 3 heteroatoms. The normalized spacial score (nSPS) is 22.7. The number of nitrogens with zero attached hydrogens (tertiary/aromatic N) is 2. The van der Waals surface area contributed by atoms with Gasteiger partial charge in [-0.3, -0.25) is 4.90 Å². The summed E-state index contributed by atoms with van der Waals surface area (Å²) in [6.45, 7) is 1.14. The van der Waals surface area contributed by atoms with E-state index in [4.69, 9.17) is 4.42 Å². The SMILES string of the molecule is CN1CCCCC1c1nc2ccccc2o1. The molecule has 1 aliphatic heterocycles. The topological polar surface area (TPSA) is 29.3 Å². The number of fused-ring (bicyclic) bond motifs is 1. The lowest BCUT2D eigenvalue weighted by atomic mass is 10.0. The van der Waals surface area contributed by atoms with Gasteiger partial charge in [0.2, 0.25) is 5.89 Å². The highest BCUT2D eigenvalue weighted by Gasteiger charge is 2.25. The zero-order valence-corrected chi connectivity index (χ0v) is 9.52. The maximum absolute atomic E-state index is 5.83. The molecule has 0 N–H and O–H groups in total. The van der Waals surface area contributed by atoms with Gasteiger partial charge >= 0.3 is 0 Å². The van der Waals surface area contributed by atoms with E-state index in [9.17, 15) is 0 Å². The number of rotatable bonds is 1. The highest BCUT2D eigenvalue weighted by atomic mass is 16.3. The quantitative estimate of drug-likeness (QED) is 0.734. The molecule has 0 radical (unpaired) electrons. The molecule has 0 bridgehead atoms. The molecule has 1 atom stereocenters. The zero-order valence-electron chi connectivity index (χ0n) is 9.52. The third-order valence-electron chi connectivity index (χ3n) is 3.37. The van der Waals surface area contributed by atoms with Crippen LogP contribution in [0.5, 0.6) is 0 Å². The molecule has 3 nitrogen and oxygen atoms in total. The van der Waals surface area contributed by atoms with Gasteiger partial charge in [-0.05, 0) is 38.6 Å². The lowest BCUT2D eigenvalue weighted by Crippen LogP contribution is -2.29. The van der Waals surface area contributed by atoms with Crippen molar-refractivity contribution in [1.29, 1.82) is 0 Å². The summed E-state index contributed by atoms with van der Waals surface area (Å²) in [4.78, 5) is 6.92. The largest absolute Gasteiger partial charge is 0.439 e. The van der Waals surface area contributed by atoms with E-state index in [1.165, 1.54) is 12.8 Å². The predicted octanol–water partition coefficient (Wildman–Crippen LogP) is 2.98. The summed E-state index contributed by atoms with van der Waals surface area (Å²) >= 11 is 0. The van der Waals surface area contributed by atoms with E-state index in [-0.39, 0.29) is 0 Å². The Labute approximate surface area is 95.1 Å².